The number of piperidine rings is 1. The van der Waals surface area contributed by atoms with Crippen molar-refractivity contribution in [3.05, 3.63) is 53.7 Å². The van der Waals surface area contributed by atoms with Crippen molar-refractivity contribution in [1.29, 1.82) is 0 Å². The lowest BCUT2D eigenvalue weighted by Gasteiger charge is -2.31. The van der Waals surface area contributed by atoms with Gasteiger partial charge in [0.05, 0.1) is 5.56 Å². The Hall–Kier alpha value is -3.10. The van der Waals surface area contributed by atoms with E-state index in [1.54, 1.807) is 18.3 Å². The van der Waals surface area contributed by atoms with Crippen molar-refractivity contribution in [3.8, 4) is 0 Å². The summed E-state index contributed by atoms with van der Waals surface area (Å²) >= 11 is 0. The molecule has 0 atom stereocenters. The largest absolute Gasteiger partial charge is 0.422 e. The molecule has 1 amide bonds. The minimum Gasteiger partial charge on any atom is -0.422 e. The van der Waals surface area contributed by atoms with Gasteiger partial charge in [-0.25, -0.2) is 4.98 Å². The summed E-state index contributed by atoms with van der Waals surface area (Å²) in [5.74, 6) is -0.377. The second kappa shape index (κ2) is 7.14. The highest BCUT2D eigenvalue weighted by molar-refractivity contribution is 5.94. The molecule has 1 aliphatic heterocycles. The Morgan fingerprint density at radius 1 is 1.14 bits per heavy atom. The summed E-state index contributed by atoms with van der Waals surface area (Å²) in [6.07, 6.45) is -1.41. The van der Waals surface area contributed by atoms with Crippen molar-refractivity contribution < 1.29 is 22.4 Å². The predicted octanol–water partition coefficient (Wildman–Crippen LogP) is 3.64. The minimum absolute atomic E-state index is 0.0615. The van der Waals surface area contributed by atoms with Crippen LogP contribution in [0.15, 0.2) is 47.0 Å². The van der Waals surface area contributed by atoms with Crippen molar-refractivity contribution in [3.63, 3.8) is 0 Å². The molecule has 28 heavy (non-hydrogen) atoms. The van der Waals surface area contributed by atoms with Crippen LogP contribution in [0.25, 0.3) is 11.2 Å². The maximum atomic E-state index is 12.6. The molecule has 9 heteroatoms. The molecular formula is C19H17F3N4O2. The first-order valence-electron chi connectivity index (χ1n) is 8.85. The van der Waals surface area contributed by atoms with Crippen LogP contribution in [-0.4, -0.2) is 35.0 Å². The van der Waals surface area contributed by atoms with E-state index >= 15 is 0 Å². The molecule has 146 valence electrons. The van der Waals surface area contributed by atoms with Crippen molar-refractivity contribution in [2.45, 2.75) is 25.1 Å². The zero-order valence-electron chi connectivity index (χ0n) is 14.7. The maximum Gasteiger partial charge on any atom is 0.416 e. The predicted molar refractivity (Wildman–Crippen MR) is 95.9 cm³/mol. The molecule has 0 saturated carbocycles. The fraction of sp³-hybridized carbons (Fsp3) is 0.316. The molecule has 0 radical (unpaired) electrons. The summed E-state index contributed by atoms with van der Waals surface area (Å²) in [4.78, 5) is 22.8. The van der Waals surface area contributed by atoms with Crippen LogP contribution in [0.5, 0.6) is 0 Å². The number of halogens is 3. The number of nitrogens with one attached hydrogen (secondary N) is 1. The van der Waals surface area contributed by atoms with Gasteiger partial charge in [-0.15, -0.1) is 0 Å². The molecule has 1 N–H and O–H groups in total. The second-order valence-electron chi connectivity index (χ2n) is 6.63. The molecule has 1 fully saturated rings. The Kier molecular flexibility index (Phi) is 4.66. The van der Waals surface area contributed by atoms with Crippen LogP contribution >= 0.6 is 0 Å². The number of hydrogen-bond donors (Lipinski definition) is 1. The zero-order valence-corrected chi connectivity index (χ0v) is 14.7. The first-order chi connectivity index (χ1) is 13.4. The summed E-state index contributed by atoms with van der Waals surface area (Å²) < 4.78 is 43.6. The number of carbonyl (C=O) groups excluding carboxylic acids is 1. The monoisotopic (exact) mass is 390 g/mol. The highest BCUT2D eigenvalue weighted by Crippen LogP contribution is 2.29. The van der Waals surface area contributed by atoms with Crippen LogP contribution in [0.2, 0.25) is 0 Å². The molecule has 1 aliphatic rings. The van der Waals surface area contributed by atoms with E-state index in [1.165, 1.54) is 12.1 Å². The van der Waals surface area contributed by atoms with E-state index in [-0.39, 0.29) is 17.5 Å². The molecule has 3 aromatic rings. The van der Waals surface area contributed by atoms with Gasteiger partial charge in [0.25, 0.3) is 11.9 Å². The first kappa shape index (κ1) is 18.3. The third kappa shape index (κ3) is 3.78. The normalized spacial score (nSPS) is 15.8. The lowest BCUT2D eigenvalue weighted by Crippen LogP contribution is -2.44. The van der Waals surface area contributed by atoms with Gasteiger partial charge in [0.1, 0.15) is 0 Å². The zero-order chi connectivity index (χ0) is 19.7. The molecule has 0 spiro atoms. The van der Waals surface area contributed by atoms with Gasteiger partial charge in [0, 0.05) is 30.9 Å². The van der Waals surface area contributed by atoms with E-state index < -0.39 is 11.7 Å². The average molecular weight is 390 g/mol. The van der Waals surface area contributed by atoms with Crippen LogP contribution in [0.1, 0.15) is 28.8 Å². The molecule has 2 aromatic heterocycles. The van der Waals surface area contributed by atoms with Crippen LogP contribution in [0, 0.1) is 0 Å². The number of alkyl halides is 3. The van der Waals surface area contributed by atoms with Crippen molar-refractivity contribution in [1.82, 2.24) is 15.3 Å². The standard InChI is InChI=1S/C19H17F3N4O2/c20-19(21,22)13-5-3-12(4-6-13)17(27)24-14-7-10-26(11-8-14)18-25-16-15(28-18)2-1-9-23-16/h1-6,9,14H,7-8,10-11H2,(H,24,27). The Balaban J connectivity index is 1.34. The van der Waals surface area contributed by atoms with Gasteiger partial charge in [0.2, 0.25) is 5.65 Å². The Morgan fingerprint density at radius 3 is 2.50 bits per heavy atom. The maximum absolute atomic E-state index is 12.6. The van der Waals surface area contributed by atoms with Gasteiger partial charge in [-0.1, -0.05) is 0 Å². The third-order valence-corrected chi connectivity index (χ3v) is 4.73. The number of amides is 1. The fourth-order valence-electron chi connectivity index (χ4n) is 3.19. The first-order valence-corrected chi connectivity index (χ1v) is 8.85. The number of benzene rings is 1. The van der Waals surface area contributed by atoms with Gasteiger partial charge in [-0.05, 0) is 49.2 Å². The summed E-state index contributed by atoms with van der Waals surface area (Å²) in [5.41, 5.74) is 0.607. The topological polar surface area (TPSA) is 71.3 Å². The van der Waals surface area contributed by atoms with Crippen molar-refractivity contribution in [2.75, 3.05) is 18.0 Å². The lowest BCUT2D eigenvalue weighted by molar-refractivity contribution is -0.137. The van der Waals surface area contributed by atoms with Gasteiger partial charge >= 0.3 is 6.18 Å². The lowest BCUT2D eigenvalue weighted by atomic mass is 10.0. The molecule has 0 bridgehead atoms. The van der Waals surface area contributed by atoms with Crippen molar-refractivity contribution >= 4 is 23.2 Å². The number of hydrogen-bond acceptors (Lipinski definition) is 5. The van der Waals surface area contributed by atoms with Crippen LogP contribution in [-0.2, 0) is 6.18 Å². The highest BCUT2D eigenvalue weighted by atomic mass is 19.4. The van der Waals surface area contributed by atoms with E-state index in [0.29, 0.717) is 43.2 Å². The number of oxazole rings is 1. The number of aromatic nitrogens is 2. The van der Waals surface area contributed by atoms with Crippen LogP contribution < -0.4 is 10.2 Å². The molecule has 1 aromatic carbocycles. The van der Waals surface area contributed by atoms with Gasteiger partial charge < -0.3 is 14.6 Å². The Labute approximate surface area is 158 Å². The number of anilines is 1. The molecule has 3 heterocycles. The Morgan fingerprint density at radius 2 is 1.86 bits per heavy atom. The molecule has 0 aliphatic carbocycles. The highest BCUT2D eigenvalue weighted by Gasteiger charge is 2.30. The van der Waals surface area contributed by atoms with E-state index in [4.69, 9.17) is 4.42 Å². The number of carbonyl (C=O) groups is 1. The number of rotatable bonds is 3. The van der Waals surface area contributed by atoms with Gasteiger partial charge in [-0.3, -0.25) is 4.79 Å². The summed E-state index contributed by atoms with van der Waals surface area (Å²) in [7, 11) is 0. The van der Waals surface area contributed by atoms with E-state index in [1.807, 2.05) is 4.90 Å². The third-order valence-electron chi connectivity index (χ3n) is 4.73. The quantitative estimate of drug-likeness (QED) is 0.739. The summed E-state index contributed by atoms with van der Waals surface area (Å²) in [6.45, 7) is 1.29. The molecular weight excluding hydrogens is 373 g/mol. The van der Waals surface area contributed by atoms with E-state index in [0.717, 1.165) is 12.1 Å². The number of pyridine rings is 1. The van der Waals surface area contributed by atoms with Crippen LogP contribution in [0.4, 0.5) is 19.2 Å². The molecule has 6 nitrogen and oxygen atoms in total. The van der Waals surface area contributed by atoms with E-state index in [9.17, 15) is 18.0 Å². The SMILES string of the molecule is O=C(NC1CCN(c2nc3ncccc3o2)CC1)c1ccc(C(F)(F)F)cc1. The Bertz CT molecular complexity index is 944. The summed E-state index contributed by atoms with van der Waals surface area (Å²) in [6, 6.07) is 8.24. The fourth-order valence-corrected chi connectivity index (χ4v) is 3.19. The van der Waals surface area contributed by atoms with Crippen molar-refractivity contribution in [2.24, 2.45) is 0 Å². The number of nitrogens with zero attached hydrogens (tertiary/aromatic N) is 3. The van der Waals surface area contributed by atoms with Crippen LogP contribution in [0.3, 0.4) is 0 Å². The average Bonchev–Trinajstić information content (AvgIpc) is 3.12. The smallest absolute Gasteiger partial charge is 0.416 e. The number of fused-ring (bicyclic) bond motifs is 1. The summed E-state index contributed by atoms with van der Waals surface area (Å²) in [5, 5.41) is 2.88. The van der Waals surface area contributed by atoms with Gasteiger partial charge in [-0.2, -0.15) is 18.2 Å². The second-order valence-corrected chi connectivity index (χ2v) is 6.63. The molecule has 4 rings (SSSR count). The van der Waals surface area contributed by atoms with E-state index in [2.05, 4.69) is 15.3 Å². The minimum atomic E-state index is -4.41. The molecule has 0 unspecified atom stereocenters. The van der Waals surface area contributed by atoms with Gasteiger partial charge in [0.15, 0.2) is 5.58 Å². The molecule has 1 saturated heterocycles.